The molecule has 1 aliphatic carbocycles. The first kappa shape index (κ1) is 9.50. The predicted octanol–water partition coefficient (Wildman–Crippen LogP) is 0.747. The number of aliphatic hydroxyl groups excluding tert-OH is 1. The van der Waals surface area contributed by atoms with Crippen LogP contribution in [0.1, 0.15) is 25.7 Å². The second kappa shape index (κ2) is 5.13. The summed E-state index contributed by atoms with van der Waals surface area (Å²) >= 11 is 0. The minimum Gasteiger partial charge on any atom is -0.396 e. The Hall–Kier alpha value is -0.590. The molecule has 1 rings (SSSR count). The normalized spacial score (nSPS) is 17.4. The minimum absolute atomic E-state index is 0.231. The average molecular weight is 168 g/mol. The van der Waals surface area contributed by atoms with Crippen LogP contribution in [0.5, 0.6) is 0 Å². The Kier molecular flexibility index (Phi) is 4.06. The highest BCUT2D eigenvalue weighted by atomic mass is 16.3. The highest BCUT2D eigenvalue weighted by Crippen LogP contribution is 2.24. The van der Waals surface area contributed by atoms with Gasteiger partial charge in [-0.2, -0.15) is 5.26 Å². The van der Waals surface area contributed by atoms with Crippen LogP contribution in [0.15, 0.2) is 0 Å². The van der Waals surface area contributed by atoms with Crippen molar-refractivity contribution in [3.63, 3.8) is 0 Å². The molecule has 0 atom stereocenters. The zero-order valence-electron chi connectivity index (χ0n) is 7.37. The monoisotopic (exact) mass is 168 g/mol. The van der Waals surface area contributed by atoms with Crippen molar-refractivity contribution in [1.82, 2.24) is 4.90 Å². The molecule has 1 aliphatic rings. The molecule has 0 aromatic heterocycles. The van der Waals surface area contributed by atoms with Gasteiger partial charge in [0, 0.05) is 19.2 Å². The van der Waals surface area contributed by atoms with Gasteiger partial charge in [-0.05, 0) is 19.3 Å². The van der Waals surface area contributed by atoms with Gasteiger partial charge in [-0.25, -0.2) is 0 Å². The smallest absolute Gasteiger partial charge is 0.0868 e. The third-order valence-electron chi connectivity index (χ3n) is 2.47. The molecule has 0 unspecified atom stereocenters. The van der Waals surface area contributed by atoms with Gasteiger partial charge in [0.15, 0.2) is 0 Å². The van der Waals surface area contributed by atoms with E-state index >= 15 is 0 Å². The second-order valence-electron chi connectivity index (χ2n) is 3.29. The number of hydrogen-bond donors (Lipinski definition) is 1. The Bertz CT molecular complexity index is 160. The van der Waals surface area contributed by atoms with E-state index in [1.165, 1.54) is 19.3 Å². The third-order valence-corrected chi connectivity index (χ3v) is 2.47. The van der Waals surface area contributed by atoms with Crippen LogP contribution in [-0.2, 0) is 0 Å². The summed E-state index contributed by atoms with van der Waals surface area (Å²) in [5.74, 6) is 0. The largest absolute Gasteiger partial charge is 0.396 e. The lowest BCUT2D eigenvalue weighted by Crippen LogP contribution is -2.41. The molecule has 0 heterocycles. The summed E-state index contributed by atoms with van der Waals surface area (Å²) in [5, 5.41) is 17.2. The van der Waals surface area contributed by atoms with Crippen LogP contribution < -0.4 is 0 Å². The quantitative estimate of drug-likeness (QED) is 0.616. The molecule has 0 aliphatic heterocycles. The van der Waals surface area contributed by atoms with Crippen LogP contribution in [0, 0.1) is 11.3 Å². The Morgan fingerprint density at radius 3 is 2.67 bits per heavy atom. The predicted molar refractivity (Wildman–Crippen MR) is 46.5 cm³/mol. The van der Waals surface area contributed by atoms with E-state index in [4.69, 9.17) is 10.4 Å². The summed E-state index contributed by atoms with van der Waals surface area (Å²) in [7, 11) is 0. The zero-order valence-corrected chi connectivity index (χ0v) is 7.37. The van der Waals surface area contributed by atoms with Gasteiger partial charge in [-0.3, -0.25) is 4.90 Å². The Morgan fingerprint density at radius 1 is 1.50 bits per heavy atom. The van der Waals surface area contributed by atoms with Crippen LogP contribution in [0.3, 0.4) is 0 Å². The molecule has 0 saturated heterocycles. The average Bonchev–Trinajstić information content (AvgIpc) is 1.97. The summed E-state index contributed by atoms with van der Waals surface area (Å²) in [6.45, 7) is 1.62. The molecular weight excluding hydrogens is 152 g/mol. The number of nitrogens with zero attached hydrogens (tertiary/aromatic N) is 2. The van der Waals surface area contributed by atoms with Gasteiger partial charge in [0.2, 0.25) is 0 Å². The molecule has 12 heavy (non-hydrogen) atoms. The van der Waals surface area contributed by atoms with E-state index < -0.39 is 0 Å². The van der Waals surface area contributed by atoms with Gasteiger partial charge in [0.05, 0.1) is 12.6 Å². The van der Waals surface area contributed by atoms with Gasteiger partial charge < -0.3 is 5.11 Å². The Morgan fingerprint density at radius 2 is 2.25 bits per heavy atom. The maximum Gasteiger partial charge on any atom is 0.0868 e. The molecule has 68 valence electrons. The summed E-state index contributed by atoms with van der Waals surface area (Å²) in [4.78, 5) is 2.18. The Labute approximate surface area is 73.6 Å². The first-order chi connectivity index (χ1) is 5.88. The SMILES string of the molecule is N#CCN(CCCO)C1CCC1. The third kappa shape index (κ3) is 2.47. The summed E-state index contributed by atoms with van der Waals surface area (Å²) in [5.41, 5.74) is 0. The number of nitriles is 1. The molecule has 1 fully saturated rings. The summed E-state index contributed by atoms with van der Waals surface area (Å²) < 4.78 is 0. The van der Waals surface area contributed by atoms with Gasteiger partial charge >= 0.3 is 0 Å². The van der Waals surface area contributed by atoms with Gasteiger partial charge in [0.25, 0.3) is 0 Å². The van der Waals surface area contributed by atoms with Crippen LogP contribution in [0.2, 0.25) is 0 Å². The highest BCUT2D eigenvalue weighted by molar-refractivity contribution is 4.86. The van der Waals surface area contributed by atoms with Crippen molar-refractivity contribution >= 4 is 0 Å². The van der Waals surface area contributed by atoms with Crippen LogP contribution in [-0.4, -0.2) is 35.7 Å². The minimum atomic E-state index is 0.231. The maximum atomic E-state index is 8.65. The highest BCUT2D eigenvalue weighted by Gasteiger charge is 2.23. The molecule has 0 spiro atoms. The van der Waals surface area contributed by atoms with Crippen LogP contribution in [0.25, 0.3) is 0 Å². The fraction of sp³-hybridized carbons (Fsp3) is 0.889. The molecule has 3 heteroatoms. The summed E-state index contributed by atoms with van der Waals surface area (Å²) in [6.07, 6.45) is 4.55. The van der Waals surface area contributed by atoms with Crippen molar-refractivity contribution in [3.05, 3.63) is 0 Å². The van der Waals surface area contributed by atoms with E-state index in [0.717, 1.165) is 13.0 Å². The lowest BCUT2D eigenvalue weighted by molar-refractivity contribution is 0.132. The Balaban J connectivity index is 2.22. The van der Waals surface area contributed by atoms with E-state index in [2.05, 4.69) is 11.0 Å². The van der Waals surface area contributed by atoms with Crippen molar-refractivity contribution < 1.29 is 5.11 Å². The summed E-state index contributed by atoms with van der Waals surface area (Å²) in [6, 6.07) is 2.79. The van der Waals surface area contributed by atoms with Crippen molar-refractivity contribution in [3.8, 4) is 6.07 Å². The van der Waals surface area contributed by atoms with Crippen molar-refractivity contribution in [1.29, 1.82) is 5.26 Å². The van der Waals surface area contributed by atoms with Crippen LogP contribution >= 0.6 is 0 Å². The van der Waals surface area contributed by atoms with E-state index in [0.29, 0.717) is 12.6 Å². The van der Waals surface area contributed by atoms with Gasteiger partial charge in [-0.1, -0.05) is 6.42 Å². The van der Waals surface area contributed by atoms with E-state index in [1.54, 1.807) is 0 Å². The number of rotatable bonds is 5. The van der Waals surface area contributed by atoms with E-state index in [1.807, 2.05) is 0 Å². The maximum absolute atomic E-state index is 8.65. The molecule has 3 nitrogen and oxygen atoms in total. The van der Waals surface area contributed by atoms with E-state index in [9.17, 15) is 0 Å². The van der Waals surface area contributed by atoms with Gasteiger partial charge in [-0.15, -0.1) is 0 Å². The fourth-order valence-electron chi connectivity index (χ4n) is 1.51. The first-order valence-corrected chi connectivity index (χ1v) is 4.60. The fourth-order valence-corrected chi connectivity index (χ4v) is 1.51. The second-order valence-corrected chi connectivity index (χ2v) is 3.29. The molecule has 1 saturated carbocycles. The van der Waals surface area contributed by atoms with Crippen molar-refractivity contribution in [2.75, 3.05) is 19.7 Å². The number of hydrogen-bond acceptors (Lipinski definition) is 3. The molecule has 1 N–H and O–H groups in total. The lowest BCUT2D eigenvalue weighted by atomic mass is 9.91. The molecule has 0 bridgehead atoms. The van der Waals surface area contributed by atoms with Crippen LogP contribution in [0.4, 0.5) is 0 Å². The topological polar surface area (TPSA) is 47.3 Å². The molecule has 0 radical (unpaired) electrons. The lowest BCUT2D eigenvalue weighted by Gasteiger charge is -2.35. The molecule has 0 aromatic carbocycles. The number of aliphatic hydroxyl groups is 1. The standard InChI is InChI=1S/C9H16N2O/c10-5-7-11(6-2-8-12)9-3-1-4-9/h9,12H,1-4,6-8H2. The first-order valence-electron chi connectivity index (χ1n) is 4.60. The molecular formula is C9H16N2O. The van der Waals surface area contributed by atoms with Gasteiger partial charge in [0.1, 0.15) is 0 Å². The zero-order chi connectivity index (χ0) is 8.81. The van der Waals surface area contributed by atoms with Crippen molar-refractivity contribution in [2.24, 2.45) is 0 Å². The van der Waals surface area contributed by atoms with E-state index in [-0.39, 0.29) is 6.61 Å². The molecule has 0 aromatic rings. The molecule has 0 amide bonds. The van der Waals surface area contributed by atoms with Crippen molar-refractivity contribution in [2.45, 2.75) is 31.7 Å².